The monoisotopic (exact) mass is 424 g/mol. The molecular weight excluding hydrogens is 400 g/mol. The van der Waals surface area contributed by atoms with Crippen molar-refractivity contribution in [2.75, 3.05) is 17.6 Å². The van der Waals surface area contributed by atoms with Gasteiger partial charge in [-0.05, 0) is 31.4 Å². The van der Waals surface area contributed by atoms with Crippen LogP contribution in [-0.4, -0.2) is 44.2 Å². The van der Waals surface area contributed by atoms with Crippen LogP contribution in [0.4, 0.5) is 17.6 Å². The van der Waals surface area contributed by atoms with Crippen molar-refractivity contribution in [2.45, 2.75) is 39.2 Å². The number of nitrogens with one attached hydrogen (secondary N) is 1. The quantitative estimate of drug-likeness (QED) is 0.524. The number of para-hydroxylation sites is 1. The van der Waals surface area contributed by atoms with E-state index in [0.717, 1.165) is 29.0 Å². The third-order valence-corrected chi connectivity index (χ3v) is 5.67. The SMILES string of the molecule is Cc1ccccc1Nc1nc(N)nc(COC(=O)CN2C(=O)[C@H]3CCCC[C@H]3C2=O)n1. The van der Waals surface area contributed by atoms with Crippen molar-refractivity contribution in [3.8, 4) is 0 Å². The molecule has 2 heterocycles. The lowest BCUT2D eigenvalue weighted by Crippen LogP contribution is -2.36. The third kappa shape index (κ3) is 4.47. The number of hydrogen-bond donors (Lipinski definition) is 2. The number of ether oxygens (including phenoxy) is 1. The zero-order chi connectivity index (χ0) is 22.0. The molecule has 2 aromatic rings. The van der Waals surface area contributed by atoms with Gasteiger partial charge in [0.15, 0.2) is 12.4 Å². The van der Waals surface area contributed by atoms with Crippen molar-refractivity contribution in [3.05, 3.63) is 35.7 Å². The van der Waals surface area contributed by atoms with Crippen LogP contribution in [0.2, 0.25) is 0 Å². The molecule has 1 aliphatic carbocycles. The van der Waals surface area contributed by atoms with Gasteiger partial charge in [-0.3, -0.25) is 19.3 Å². The van der Waals surface area contributed by atoms with Gasteiger partial charge in [0, 0.05) is 5.69 Å². The van der Waals surface area contributed by atoms with Gasteiger partial charge in [0.2, 0.25) is 23.7 Å². The molecule has 1 aliphatic heterocycles. The second-order valence-electron chi connectivity index (χ2n) is 7.79. The summed E-state index contributed by atoms with van der Waals surface area (Å²) in [6.45, 7) is 1.28. The number of nitrogens with zero attached hydrogens (tertiary/aromatic N) is 4. The topological polar surface area (TPSA) is 140 Å². The lowest BCUT2D eigenvalue weighted by Gasteiger charge is -2.19. The highest BCUT2D eigenvalue weighted by molar-refractivity contribution is 6.07. The second-order valence-corrected chi connectivity index (χ2v) is 7.79. The molecule has 2 fully saturated rings. The van der Waals surface area contributed by atoms with E-state index in [1.807, 2.05) is 31.2 Å². The Morgan fingerprint density at radius 3 is 2.48 bits per heavy atom. The zero-order valence-electron chi connectivity index (χ0n) is 17.2. The Labute approximate surface area is 179 Å². The van der Waals surface area contributed by atoms with Crippen molar-refractivity contribution in [1.82, 2.24) is 19.9 Å². The summed E-state index contributed by atoms with van der Waals surface area (Å²) in [5.74, 6) is -1.49. The number of aromatic nitrogens is 3. The van der Waals surface area contributed by atoms with E-state index in [1.165, 1.54) is 0 Å². The summed E-state index contributed by atoms with van der Waals surface area (Å²) >= 11 is 0. The van der Waals surface area contributed by atoms with E-state index in [0.29, 0.717) is 12.8 Å². The molecule has 10 nitrogen and oxygen atoms in total. The van der Waals surface area contributed by atoms with Gasteiger partial charge in [0.25, 0.3) is 0 Å². The van der Waals surface area contributed by atoms with Crippen molar-refractivity contribution in [3.63, 3.8) is 0 Å². The van der Waals surface area contributed by atoms with E-state index in [-0.39, 0.29) is 48.0 Å². The number of nitrogens with two attached hydrogens (primary N) is 1. The summed E-state index contributed by atoms with van der Waals surface area (Å²) in [6.07, 6.45) is 3.25. The molecular formula is C21H24N6O4. The van der Waals surface area contributed by atoms with Crippen molar-refractivity contribution in [1.29, 1.82) is 0 Å². The fraction of sp³-hybridized carbons (Fsp3) is 0.429. The zero-order valence-corrected chi connectivity index (χ0v) is 17.2. The first-order valence-electron chi connectivity index (χ1n) is 10.3. The van der Waals surface area contributed by atoms with Crippen molar-refractivity contribution < 1.29 is 19.1 Å². The van der Waals surface area contributed by atoms with Gasteiger partial charge in [-0.25, -0.2) is 0 Å². The predicted octanol–water partition coefficient (Wildman–Crippen LogP) is 1.72. The number of hydrogen-bond acceptors (Lipinski definition) is 9. The molecule has 0 spiro atoms. The van der Waals surface area contributed by atoms with Crippen LogP contribution < -0.4 is 11.1 Å². The van der Waals surface area contributed by atoms with E-state index >= 15 is 0 Å². The summed E-state index contributed by atoms with van der Waals surface area (Å²) in [7, 11) is 0. The van der Waals surface area contributed by atoms with Gasteiger partial charge in [-0.15, -0.1) is 0 Å². The van der Waals surface area contributed by atoms with E-state index in [1.54, 1.807) is 0 Å². The number of likely N-dealkylation sites (tertiary alicyclic amines) is 1. The van der Waals surface area contributed by atoms with Gasteiger partial charge in [-0.2, -0.15) is 15.0 Å². The Morgan fingerprint density at radius 2 is 1.81 bits per heavy atom. The van der Waals surface area contributed by atoms with Crippen molar-refractivity contribution >= 4 is 35.4 Å². The first-order valence-corrected chi connectivity index (χ1v) is 10.3. The van der Waals surface area contributed by atoms with Gasteiger partial charge >= 0.3 is 5.97 Å². The van der Waals surface area contributed by atoms with E-state index in [2.05, 4.69) is 20.3 Å². The van der Waals surface area contributed by atoms with Crippen LogP contribution in [0.5, 0.6) is 0 Å². The van der Waals surface area contributed by atoms with Gasteiger partial charge in [0.1, 0.15) is 6.54 Å². The van der Waals surface area contributed by atoms with Crippen LogP contribution in [0.15, 0.2) is 24.3 Å². The van der Waals surface area contributed by atoms with Crippen LogP contribution in [0, 0.1) is 18.8 Å². The molecule has 0 bridgehead atoms. The summed E-state index contributed by atoms with van der Waals surface area (Å²) in [6, 6.07) is 7.60. The van der Waals surface area contributed by atoms with Gasteiger partial charge in [-0.1, -0.05) is 31.0 Å². The van der Waals surface area contributed by atoms with E-state index < -0.39 is 12.5 Å². The standard InChI is InChI=1S/C21H24N6O4/c1-12-6-2-5-9-15(12)23-21-25-16(24-20(22)26-21)11-31-17(28)10-27-18(29)13-7-3-4-8-14(13)19(27)30/h2,5-6,9,13-14H,3-4,7-8,10-11H2,1H3,(H3,22,23,24,25,26)/t13-,14+. The highest BCUT2D eigenvalue weighted by Crippen LogP contribution is 2.37. The van der Waals surface area contributed by atoms with Crippen LogP contribution >= 0.6 is 0 Å². The first kappa shape index (κ1) is 20.7. The van der Waals surface area contributed by atoms with Gasteiger partial charge < -0.3 is 15.8 Å². The fourth-order valence-corrected chi connectivity index (χ4v) is 4.10. The molecule has 0 unspecified atom stereocenters. The number of imide groups is 1. The Hall–Kier alpha value is -3.56. The van der Waals surface area contributed by atoms with Crippen molar-refractivity contribution in [2.24, 2.45) is 11.8 Å². The number of carbonyl (C=O) groups excluding carboxylic acids is 3. The van der Waals surface area contributed by atoms with Crippen LogP contribution in [0.1, 0.15) is 37.1 Å². The normalized spacial score (nSPS) is 20.5. The highest BCUT2D eigenvalue weighted by atomic mass is 16.5. The van der Waals surface area contributed by atoms with Gasteiger partial charge in [0.05, 0.1) is 11.8 Å². The van der Waals surface area contributed by atoms with Crippen LogP contribution in [-0.2, 0) is 25.7 Å². The molecule has 2 aliphatic rings. The minimum atomic E-state index is -0.701. The molecule has 2 amide bonds. The van der Waals surface area contributed by atoms with E-state index in [9.17, 15) is 14.4 Å². The summed E-state index contributed by atoms with van der Waals surface area (Å²) < 4.78 is 5.20. The number of benzene rings is 1. The number of anilines is 3. The Bertz CT molecular complexity index is 1000. The Morgan fingerprint density at radius 1 is 1.13 bits per heavy atom. The Kier molecular flexibility index (Phi) is 5.79. The lowest BCUT2D eigenvalue weighted by atomic mass is 9.81. The molecule has 10 heteroatoms. The molecule has 1 saturated heterocycles. The number of esters is 1. The molecule has 1 aromatic heterocycles. The molecule has 3 N–H and O–H groups in total. The average Bonchev–Trinajstić information content (AvgIpc) is 2.99. The predicted molar refractivity (Wildman–Crippen MR) is 111 cm³/mol. The fourth-order valence-electron chi connectivity index (χ4n) is 4.10. The molecule has 2 atom stereocenters. The molecule has 1 aromatic carbocycles. The highest BCUT2D eigenvalue weighted by Gasteiger charge is 2.48. The minimum absolute atomic E-state index is 0.0221. The van der Waals surface area contributed by atoms with Crippen LogP contribution in [0.25, 0.3) is 0 Å². The number of aryl methyl sites for hydroxylation is 1. The van der Waals surface area contributed by atoms with Crippen LogP contribution in [0.3, 0.4) is 0 Å². The number of amides is 2. The third-order valence-electron chi connectivity index (χ3n) is 5.67. The molecule has 31 heavy (non-hydrogen) atoms. The number of carbonyl (C=O) groups is 3. The molecule has 162 valence electrons. The summed E-state index contributed by atoms with van der Waals surface area (Å²) in [5, 5.41) is 3.06. The first-order chi connectivity index (χ1) is 14.9. The second kappa shape index (κ2) is 8.66. The summed E-state index contributed by atoms with van der Waals surface area (Å²) in [5.41, 5.74) is 7.56. The Balaban J connectivity index is 1.37. The lowest BCUT2D eigenvalue weighted by molar-refractivity contribution is -0.154. The number of nitrogen functional groups attached to an aromatic ring is 1. The number of rotatable bonds is 6. The largest absolute Gasteiger partial charge is 0.456 e. The maximum absolute atomic E-state index is 12.5. The maximum atomic E-state index is 12.5. The molecule has 1 saturated carbocycles. The molecule has 0 radical (unpaired) electrons. The maximum Gasteiger partial charge on any atom is 0.326 e. The summed E-state index contributed by atoms with van der Waals surface area (Å²) in [4.78, 5) is 50.5. The smallest absolute Gasteiger partial charge is 0.326 e. The number of fused-ring (bicyclic) bond motifs is 1. The minimum Gasteiger partial charge on any atom is -0.456 e. The average molecular weight is 424 g/mol. The van der Waals surface area contributed by atoms with E-state index in [4.69, 9.17) is 10.5 Å². The molecule has 4 rings (SSSR count).